The number of fused-ring (bicyclic) bond motifs is 1. The van der Waals surface area contributed by atoms with Crippen molar-refractivity contribution in [3.8, 4) is 0 Å². The molecule has 0 radical (unpaired) electrons. The van der Waals surface area contributed by atoms with E-state index in [1.165, 1.54) is 31.4 Å². The molecule has 11 heavy (non-hydrogen) atoms. The van der Waals surface area contributed by atoms with Crippen LogP contribution in [0.4, 0.5) is 0 Å². The Balaban J connectivity index is 2.19. The van der Waals surface area contributed by atoms with Crippen molar-refractivity contribution in [3.63, 3.8) is 0 Å². The lowest BCUT2D eigenvalue weighted by Gasteiger charge is -2.22. The van der Waals surface area contributed by atoms with E-state index in [2.05, 4.69) is 18.0 Å². The predicted molar refractivity (Wildman–Crippen MR) is 48.0 cm³/mol. The van der Waals surface area contributed by atoms with Gasteiger partial charge in [-0.3, -0.25) is 4.99 Å². The number of rotatable bonds is 0. The van der Waals surface area contributed by atoms with Gasteiger partial charge in [-0.15, -0.1) is 0 Å². The molecular formula is C10H15N. The summed E-state index contributed by atoms with van der Waals surface area (Å²) in [5.41, 5.74) is 2.96. The zero-order chi connectivity index (χ0) is 7.68. The Labute approximate surface area is 68.2 Å². The number of nitrogens with zero attached hydrogens (tertiary/aromatic N) is 1. The fourth-order valence-electron chi connectivity index (χ4n) is 1.92. The molecule has 1 heteroatoms. The lowest BCUT2D eigenvalue weighted by Crippen LogP contribution is -2.16. The van der Waals surface area contributed by atoms with Crippen LogP contribution in [-0.2, 0) is 0 Å². The molecule has 0 amide bonds. The molecule has 1 saturated carbocycles. The van der Waals surface area contributed by atoms with Crippen LogP contribution in [0.2, 0.25) is 0 Å². The Bertz CT molecular complexity index is 213. The molecule has 0 bridgehead atoms. The number of hydrogen-bond acceptors (Lipinski definition) is 1. The van der Waals surface area contributed by atoms with Gasteiger partial charge in [0.1, 0.15) is 0 Å². The predicted octanol–water partition coefficient (Wildman–Crippen LogP) is 2.58. The van der Waals surface area contributed by atoms with Crippen molar-refractivity contribution in [3.05, 3.63) is 11.6 Å². The molecule has 1 aliphatic heterocycles. The summed E-state index contributed by atoms with van der Waals surface area (Å²) < 4.78 is 0. The highest BCUT2D eigenvalue weighted by molar-refractivity contribution is 6.01. The van der Waals surface area contributed by atoms with Crippen LogP contribution in [-0.4, -0.2) is 12.3 Å². The Morgan fingerprint density at radius 1 is 1.36 bits per heavy atom. The third kappa shape index (κ3) is 1.37. The molecule has 0 spiro atoms. The molecule has 1 fully saturated rings. The maximum atomic E-state index is 4.58. The molecule has 0 aromatic heterocycles. The number of aliphatic imine (C=N–C) groups is 1. The summed E-state index contributed by atoms with van der Waals surface area (Å²) in [6, 6.07) is 0. The van der Waals surface area contributed by atoms with Crippen LogP contribution in [0, 0.1) is 5.92 Å². The summed E-state index contributed by atoms with van der Waals surface area (Å²) in [6.45, 7) is 3.28. The molecule has 0 aromatic rings. The van der Waals surface area contributed by atoms with Gasteiger partial charge in [0.25, 0.3) is 0 Å². The molecule has 1 atom stereocenters. The highest BCUT2D eigenvalue weighted by atomic mass is 14.8. The quantitative estimate of drug-likeness (QED) is 0.502. The first kappa shape index (κ1) is 7.08. The Hall–Kier alpha value is -0.590. The molecule has 60 valence electrons. The fourth-order valence-corrected chi connectivity index (χ4v) is 1.92. The van der Waals surface area contributed by atoms with Gasteiger partial charge in [-0.1, -0.05) is 13.0 Å². The summed E-state index contributed by atoms with van der Waals surface area (Å²) in [4.78, 5) is 4.58. The van der Waals surface area contributed by atoms with Gasteiger partial charge in [0.15, 0.2) is 0 Å². The Kier molecular flexibility index (Phi) is 1.80. The minimum Gasteiger partial charge on any atom is -0.289 e. The van der Waals surface area contributed by atoms with Gasteiger partial charge in [0.05, 0.1) is 0 Å². The van der Waals surface area contributed by atoms with Crippen molar-refractivity contribution in [1.82, 2.24) is 0 Å². The Morgan fingerprint density at radius 2 is 2.18 bits per heavy atom. The van der Waals surface area contributed by atoms with E-state index in [1.54, 1.807) is 5.57 Å². The van der Waals surface area contributed by atoms with Crippen LogP contribution in [0.25, 0.3) is 0 Å². The largest absolute Gasteiger partial charge is 0.289 e. The summed E-state index contributed by atoms with van der Waals surface area (Å²) >= 11 is 0. The lowest BCUT2D eigenvalue weighted by molar-refractivity contribution is 0.669. The van der Waals surface area contributed by atoms with Crippen molar-refractivity contribution in [1.29, 1.82) is 0 Å². The number of allylic oxidation sites excluding steroid dienone is 1. The van der Waals surface area contributed by atoms with E-state index < -0.39 is 0 Å². The second kappa shape index (κ2) is 2.80. The van der Waals surface area contributed by atoms with Crippen LogP contribution in [0.1, 0.15) is 32.6 Å². The standard InChI is InChI=1S/C10H15N/c1-8-6-9-4-2-3-5-10(9)11-7-8/h6,8H,2-5,7H2,1H3/t8-/m0/s1. The van der Waals surface area contributed by atoms with Crippen LogP contribution in [0.3, 0.4) is 0 Å². The number of dihydropyridines is 1. The SMILES string of the molecule is C[C@H]1C=C2CCCCC2=NC1. The van der Waals surface area contributed by atoms with E-state index >= 15 is 0 Å². The average Bonchev–Trinajstić information content (AvgIpc) is 2.04. The second-order valence-electron chi connectivity index (χ2n) is 3.66. The normalized spacial score (nSPS) is 30.5. The molecule has 1 nitrogen and oxygen atoms in total. The van der Waals surface area contributed by atoms with Crippen molar-refractivity contribution < 1.29 is 0 Å². The fraction of sp³-hybridized carbons (Fsp3) is 0.700. The monoisotopic (exact) mass is 149 g/mol. The summed E-state index contributed by atoms with van der Waals surface area (Å²) in [7, 11) is 0. The van der Waals surface area contributed by atoms with Crippen molar-refractivity contribution in [2.24, 2.45) is 10.9 Å². The zero-order valence-electron chi connectivity index (χ0n) is 7.14. The summed E-state index contributed by atoms with van der Waals surface area (Å²) in [5, 5.41) is 0. The third-order valence-corrected chi connectivity index (χ3v) is 2.54. The zero-order valence-corrected chi connectivity index (χ0v) is 7.14. The molecule has 2 aliphatic rings. The van der Waals surface area contributed by atoms with Crippen LogP contribution in [0.15, 0.2) is 16.6 Å². The molecule has 2 rings (SSSR count). The van der Waals surface area contributed by atoms with E-state index in [4.69, 9.17) is 0 Å². The third-order valence-electron chi connectivity index (χ3n) is 2.54. The summed E-state index contributed by atoms with van der Waals surface area (Å²) in [5.74, 6) is 0.687. The molecule has 1 aliphatic carbocycles. The first-order chi connectivity index (χ1) is 5.36. The highest BCUT2D eigenvalue weighted by Crippen LogP contribution is 2.25. The lowest BCUT2D eigenvalue weighted by atomic mass is 9.88. The minimum atomic E-state index is 0.687. The van der Waals surface area contributed by atoms with E-state index in [1.807, 2.05) is 0 Å². The molecule has 0 N–H and O–H groups in total. The molecule has 1 heterocycles. The van der Waals surface area contributed by atoms with E-state index in [0.29, 0.717) is 5.92 Å². The van der Waals surface area contributed by atoms with E-state index in [0.717, 1.165) is 6.54 Å². The van der Waals surface area contributed by atoms with Crippen molar-refractivity contribution in [2.75, 3.05) is 6.54 Å². The smallest absolute Gasteiger partial charge is 0.0453 e. The average molecular weight is 149 g/mol. The van der Waals surface area contributed by atoms with Crippen LogP contribution in [0.5, 0.6) is 0 Å². The maximum Gasteiger partial charge on any atom is 0.0453 e. The first-order valence-corrected chi connectivity index (χ1v) is 4.60. The van der Waals surface area contributed by atoms with Gasteiger partial charge in [0, 0.05) is 12.3 Å². The van der Waals surface area contributed by atoms with Crippen molar-refractivity contribution in [2.45, 2.75) is 32.6 Å². The van der Waals surface area contributed by atoms with E-state index in [-0.39, 0.29) is 0 Å². The Morgan fingerprint density at radius 3 is 3.09 bits per heavy atom. The van der Waals surface area contributed by atoms with Crippen LogP contribution < -0.4 is 0 Å². The molecule has 0 aromatic carbocycles. The van der Waals surface area contributed by atoms with Gasteiger partial charge in [-0.05, 0) is 37.2 Å². The highest BCUT2D eigenvalue weighted by Gasteiger charge is 2.17. The van der Waals surface area contributed by atoms with Crippen molar-refractivity contribution >= 4 is 5.71 Å². The van der Waals surface area contributed by atoms with E-state index in [9.17, 15) is 0 Å². The van der Waals surface area contributed by atoms with Gasteiger partial charge >= 0.3 is 0 Å². The van der Waals surface area contributed by atoms with Gasteiger partial charge < -0.3 is 0 Å². The minimum absolute atomic E-state index is 0.687. The second-order valence-corrected chi connectivity index (χ2v) is 3.66. The molecule has 0 saturated heterocycles. The molecule has 0 unspecified atom stereocenters. The first-order valence-electron chi connectivity index (χ1n) is 4.60. The topological polar surface area (TPSA) is 12.4 Å². The summed E-state index contributed by atoms with van der Waals surface area (Å²) in [6.07, 6.45) is 7.66. The van der Waals surface area contributed by atoms with Gasteiger partial charge in [-0.25, -0.2) is 0 Å². The molecular weight excluding hydrogens is 134 g/mol. The maximum absolute atomic E-state index is 4.58. The van der Waals surface area contributed by atoms with Gasteiger partial charge in [0.2, 0.25) is 0 Å². The van der Waals surface area contributed by atoms with Gasteiger partial charge in [-0.2, -0.15) is 0 Å². The number of hydrogen-bond donors (Lipinski definition) is 0. The van der Waals surface area contributed by atoms with Crippen LogP contribution >= 0.6 is 0 Å².